The zero-order valence-electron chi connectivity index (χ0n) is 14.5. The molecule has 0 radical (unpaired) electrons. The number of halogens is 1. The second kappa shape index (κ2) is 8.53. The Morgan fingerprint density at radius 2 is 1.92 bits per heavy atom. The highest BCUT2D eigenvalue weighted by Crippen LogP contribution is 2.21. The molecule has 132 valence electrons. The monoisotopic (exact) mass is 360 g/mol. The predicted molar refractivity (Wildman–Crippen MR) is 98.0 cm³/mol. The first-order valence-electron chi connectivity index (χ1n) is 7.82. The van der Waals surface area contributed by atoms with Crippen LogP contribution < -0.4 is 10.1 Å². The normalized spacial score (nSPS) is 10.2. The molecular weight excluding hydrogens is 340 g/mol. The molecule has 1 N–H and O–H groups in total. The Morgan fingerprint density at radius 1 is 1.20 bits per heavy atom. The van der Waals surface area contributed by atoms with Crippen LogP contribution in [-0.4, -0.2) is 37.4 Å². The van der Waals surface area contributed by atoms with Gasteiger partial charge in [-0.2, -0.15) is 0 Å². The standard InChI is InChI=1S/C19H21ClN2O3/c1-13-8-9-17(25-3)14(10-13)12-22(2)18(23)11-21-19(24)15-6-4-5-7-16(15)20/h4-10H,11-12H2,1-3H3,(H,21,24). The van der Waals surface area contributed by atoms with E-state index in [0.717, 1.165) is 16.9 Å². The first-order chi connectivity index (χ1) is 11.9. The minimum atomic E-state index is -0.375. The average Bonchev–Trinajstić information content (AvgIpc) is 2.60. The quantitative estimate of drug-likeness (QED) is 0.861. The van der Waals surface area contributed by atoms with Crippen LogP contribution in [0.3, 0.4) is 0 Å². The zero-order valence-corrected chi connectivity index (χ0v) is 15.3. The van der Waals surface area contributed by atoms with E-state index in [1.54, 1.807) is 43.3 Å². The maximum absolute atomic E-state index is 12.3. The molecule has 25 heavy (non-hydrogen) atoms. The highest BCUT2D eigenvalue weighted by molar-refractivity contribution is 6.33. The SMILES string of the molecule is COc1ccc(C)cc1CN(C)C(=O)CNC(=O)c1ccccc1Cl. The molecule has 0 bridgehead atoms. The van der Waals surface area contributed by atoms with Gasteiger partial charge in [0.25, 0.3) is 5.91 Å². The lowest BCUT2D eigenvalue weighted by molar-refractivity contribution is -0.129. The Labute approximate surface area is 152 Å². The summed E-state index contributed by atoms with van der Waals surface area (Å²) in [5.74, 6) is 0.148. The molecule has 2 aromatic carbocycles. The van der Waals surface area contributed by atoms with Crippen LogP contribution in [0, 0.1) is 6.92 Å². The van der Waals surface area contributed by atoms with Crippen molar-refractivity contribution in [2.24, 2.45) is 0 Å². The van der Waals surface area contributed by atoms with E-state index in [-0.39, 0.29) is 18.4 Å². The van der Waals surface area contributed by atoms with Gasteiger partial charge in [0.05, 0.1) is 24.2 Å². The van der Waals surface area contributed by atoms with Crippen molar-refractivity contribution < 1.29 is 14.3 Å². The van der Waals surface area contributed by atoms with Crippen LogP contribution in [0.2, 0.25) is 5.02 Å². The third kappa shape index (κ3) is 4.97. The van der Waals surface area contributed by atoms with E-state index in [2.05, 4.69) is 5.32 Å². The second-order valence-electron chi connectivity index (χ2n) is 5.73. The van der Waals surface area contributed by atoms with Crippen LogP contribution in [0.4, 0.5) is 0 Å². The Kier molecular flexibility index (Phi) is 6.42. The van der Waals surface area contributed by atoms with Gasteiger partial charge in [-0.25, -0.2) is 0 Å². The summed E-state index contributed by atoms with van der Waals surface area (Å²) >= 11 is 5.98. The third-order valence-corrected chi connectivity index (χ3v) is 4.12. The number of hydrogen-bond donors (Lipinski definition) is 1. The van der Waals surface area contributed by atoms with Crippen molar-refractivity contribution in [3.05, 3.63) is 64.2 Å². The maximum Gasteiger partial charge on any atom is 0.253 e. The average molecular weight is 361 g/mol. The molecule has 2 amide bonds. The molecule has 0 aliphatic carbocycles. The number of amides is 2. The number of aryl methyl sites for hydroxylation is 1. The van der Waals surface area contributed by atoms with Gasteiger partial charge in [0.1, 0.15) is 5.75 Å². The number of likely N-dealkylation sites (N-methyl/N-ethyl adjacent to an activating group) is 1. The van der Waals surface area contributed by atoms with Gasteiger partial charge in [-0.1, -0.05) is 41.4 Å². The van der Waals surface area contributed by atoms with Crippen LogP contribution in [0.15, 0.2) is 42.5 Å². The summed E-state index contributed by atoms with van der Waals surface area (Å²) in [7, 11) is 3.28. The van der Waals surface area contributed by atoms with Gasteiger partial charge in [0.15, 0.2) is 0 Å². The number of nitrogens with zero attached hydrogens (tertiary/aromatic N) is 1. The summed E-state index contributed by atoms with van der Waals surface area (Å²) in [6, 6.07) is 12.5. The molecule has 0 heterocycles. The minimum Gasteiger partial charge on any atom is -0.496 e. The van der Waals surface area contributed by atoms with Gasteiger partial charge in [-0.3, -0.25) is 9.59 Å². The molecule has 0 aliphatic heterocycles. The Bertz CT molecular complexity index is 777. The van der Waals surface area contributed by atoms with E-state index < -0.39 is 0 Å². The van der Waals surface area contributed by atoms with Crippen molar-refractivity contribution in [3.63, 3.8) is 0 Å². The molecule has 0 saturated heterocycles. The van der Waals surface area contributed by atoms with Gasteiger partial charge in [-0.05, 0) is 25.1 Å². The highest BCUT2D eigenvalue weighted by atomic mass is 35.5. The summed E-state index contributed by atoms with van der Waals surface area (Å²) in [5.41, 5.74) is 2.35. The number of benzene rings is 2. The third-order valence-electron chi connectivity index (χ3n) is 3.79. The Morgan fingerprint density at radius 3 is 2.60 bits per heavy atom. The van der Waals surface area contributed by atoms with E-state index in [0.29, 0.717) is 17.1 Å². The molecule has 0 saturated carbocycles. The lowest BCUT2D eigenvalue weighted by Crippen LogP contribution is -2.38. The van der Waals surface area contributed by atoms with Crippen molar-refractivity contribution in [2.75, 3.05) is 20.7 Å². The number of methoxy groups -OCH3 is 1. The first kappa shape index (κ1) is 18.8. The summed E-state index contributed by atoms with van der Waals surface area (Å²) < 4.78 is 5.33. The molecule has 0 unspecified atom stereocenters. The van der Waals surface area contributed by atoms with Gasteiger partial charge >= 0.3 is 0 Å². The molecule has 0 aliphatic rings. The van der Waals surface area contributed by atoms with E-state index in [1.807, 2.05) is 25.1 Å². The van der Waals surface area contributed by atoms with Crippen LogP contribution in [0.1, 0.15) is 21.5 Å². The van der Waals surface area contributed by atoms with E-state index in [1.165, 1.54) is 0 Å². The van der Waals surface area contributed by atoms with Crippen LogP contribution >= 0.6 is 11.6 Å². The molecule has 2 rings (SSSR count). The van der Waals surface area contributed by atoms with Crippen molar-refractivity contribution in [1.82, 2.24) is 10.2 Å². The van der Waals surface area contributed by atoms with Crippen LogP contribution in [-0.2, 0) is 11.3 Å². The Hall–Kier alpha value is -2.53. The van der Waals surface area contributed by atoms with Crippen molar-refractivity contribution in [2.45, 2.75) is 13.5 Å². The van der Waals surface area contributed by atoms with Crippen molar-refractivity contribution in [3.8, 4) is 5.75 Å². The number of nitrogens with one attached hydrogen (secondary N) is 1. The maximum atomic E-state index is 12.3. The fourth-order valence-corrected chi connectivity index (χ4v) is 2.63. The number of rotatable bonds is 6. The predicted octanol–water partition coefficient (Wildman–Crippen LogP) is 3.05. The van der Waals surface area contributed by atoms with Gasteiger partial charge in [0.2, 0.25) is 5.91 Å². The number of carbonyl (C=O) groups excluding carboxylic acids is 2. The number of carbonyl (C=O) groups is 2. The topological polar surface area (TPSA) is 58.6 Å². The van der Waals surface area contributed by atoms with Crippen molar-refractivity contribution >= 4 is 23.4 Å². The smallest absolute Gasteiger partial charge is 0.253 e. The molecule has 2 aromatic rings. The lowest BCUT2D eigenvalue weighted by Gasteiger charge is -2.19. The molecule has 0 fully saturated rings. The van der Waals surface area contributed by atoms with E-state index in [4.69, 9.17) is 16.3 Å². The van der Waals surface area contributed by atoms with Gasteiger partial charge < -0.3 is 15.0 Å². The fraction of sp³-hybridized carbons (Fsp3) is 0.263. The van der Waals surface area contributed by atoms with Gasteiger partial charge in [-0.15, -0.1) is 0 Å². The van der Waals surface area contributed by atoms with E-state index in [9.17, 15) is 9.59 Å². The molecule has 0 atom stereocenters. The minimum absolute atomic E-state index is 0.102. The van der Waals surface area contributed by atoms with Gasteiger partial charge in [0, 0.05) is 19.2 Å². The largest absolute Gasteiger partial charge is 0.496 e. The fourth-order valence-electron chi connectivity index (χ4n) is 2.41. The molecule has 0 spiro atoms. The summed E-state index contributed by atoms with van der Waals surface area (Å²) in [5, 5.41) is 2.95. The van der Waals surface area contributed by atoms with E-state index >= 15 is 0 Å². The first-order valence-corrected chi connectivity index (χ1v) is 8.20. The van der Waals surface area contributed by atoms with Crippen LogP contribution in [0.5, 0.6) is 5.75 Å². The lowest BCUT2D eigenvalue weighted by atomic mass is 10.1. The zero-order chi connectivity index (χ0) is 18.4. The molecular formula is C19H21ClN2O3. The molecule has 0 aromatic heterocycles. The number of ether oxygens (including phenoxy) is 1. The summed E-state index contributed by atoms with van der Waals surface area (Å²) in [6.07, 6.45) is 0. The highest BCUT2D eigenvalue weighted by Gasteiger charge is 2.15. The summed E-state index contributed by atoms with van der Waals surface area (Å²) in [6.45, 7) is 2.27. The van der Waals surface area contributed by atoms with Crippen molar-refractivity contribution in [1.29, 1.82) is 0 Å². The summed E-state index contributed by atoms with van der Waals surface area (Å²) in [4.78, 5) is 25.9. The molecule has 6 heteroatoms. The van der Waals surface area contributed by atoms with Crippen LogP contribution in [0.25, 0.3) is 0 Å². The molecule has 5 nitrogen and oxygen atoms in total. The Balaban J connectivity index is 1.96. The second-order valence-corrected chi connectivity index (χ2v) is 6.13. The number of hydrogen-bond acceptors (Lipinski definition) is 3.